The van der Waals surface area contributed by atoms with Crippen molar-refractivity contribution in [2.24, 2.45) is 0 Å². The third kappa shape index (κ3) is 6.21. The van der Waals surface area contributed by atoms with E-state index in [0.717, 1.165) is 11.3 Å². The van der Waals surface area contributed by atoms with Crippen molar-refractivity contribution in [3.05, 3.63) is 30.9 Å². The Morgan fingerprint density at radius 3 is 2.61 bits per heavy atom. The van der Waals surface area contributed by atoms with E-state index < -0.39 is 25.4 Å². The van der Waals surface area contributed by atoms with Crippen molar-refractivity contribution in [2.45, 2.75) is 26.9 Å². The van der Waals surface area contributed by atoms with Crippen LogP contribution in [0.15, 0.2) is 18.2 Å². The Bertz CT molecular complexity index is 615. The van der Waals surface area contributed by atoms with Crippen molar-refractivity contribution >= 4 is 41.6 Å². The van der Waals surface area contributed by atoms with Crippen molar-refractivity contribution in [3.63, 3.8) is 0 Å². The van der Waals surface area contributed by atoms with E-state index in [1.807, 2.05) is 13.8 Å². The minimum atomic E-state index is -2.08. The molecule has 1 aromatic carbocycles. The molecule has 0 heterocycles. The summed E-state index contributed by atoms with van der Waals surface area (Å²) in [6, 6.07) is 5.11. The van der Waals surface area contributed by atoms with Gasteiger partial charge in [-0.1, -0.05) is 0 Å². The average Bonchev–Trinajstić information content (AvgIpc) is 2.46. The second-order valence-corrected chi connectivity index (χ2v) is 10.4. The number of halogens is 2. The van der Waals surface area contributed by atoms with Gasteiger partial charge in [0, 0.05) is 0 Å². The van der Waals surface area contributed by atoms with Gasteiger partial charge in [0.15, 0.2) is 0 Å². The Hall–Kier alpha value is -0.967. The van der Waals surface area contributed by atoms with Crippen LogP contribution in [-0.4, -0.2) is 29.2 Å². The summed E-state index contributed by atoms with van der Waals surface area (Å²) in [7, 11) is 15.8. The molecular formula is C15H19Cl2NO4Ru. The van der Waals surface area contributed by atoms with E-state index in [9.17, 15) is 9.59 Å². The number of anilines is 1. The van der Waals surface area contributed by atoms with Gasteiger partial charge in [-0.05, 0) is 0 Å². The molecule has 0 aliphatic rings. The van der Waals surface area contributed by atoms with Crippen LogP contribution in [0.4, 0.5) is 5.69 Å². The maximum atomic E-state index is 11.7. The van der Waals surface area contributed by atoms with Crippen LogP contribution < -0.4 is 5.32 Å². The Kier molecular flexibility index (Phi) is 8.17. The first-order valence-electron chi connectivity index (χ1n) is 6.74. The van der Waals surface area contributed by atoms with E-state index in [2.05, 4.69) is 21.5 Å². The average molecular weight is 449 g/mol. The molecule has 1 rings (SSSR count). The summed E-state index contributed by atoms with van der Waals surface area (Å²) < 4.78 is 9.10. The molecule has 1 amide bonds. The Morgan fingerprint density at radius 2 is 2.09 bits per heavy atom. The zero-order chi connectivity index (χ0) is 17.6. The van der Waals surface area contributed by atoms with Gasteiger partial charge >= 0.3 is 149 Å². The number of esters is 1. The molecule has 0 unspecified atom stereocenters. The summed E-state index contributed by atoms with van der Waals surface area (Å²) in [5.41, 5.74) is 1.17. The molecular weight excluding hydrogens is 430 g/mol. The number of ether oxygens (including phenoxy) is 1. The number of nitrogens with one attached hydrogen (secondary N) is 1. The van der Waals surface area contributed by atoms with E-state index in [-0.39, 0.29) is 12.7 Å². The summed E-state index contributed by atoms with van der Waals surface area (Å²) in [5.74, 6) is -1.01. The van der Waals surface area contributed by atoms with Crippen LogP contribution in [0.2, 0.25) is 0 Å². The SMILES string of the molecule is [CH2-][O+](c1ccc(NC(=O)C(=O)OCC)cc1[CH]=[Ru]([Cl])[Cl])C(C)C. The van der Waals surface area contributed by atoms with E-state index in [0.29, 0.717) is 5.69 Å². The molecule has 1 aromatic rings. The number of carbonyl (C=O) groups is 2. The number of rotatable bonds is 5. The first kappa shape index (κ1) is 20.1. The fourth-order valence-electron chi connectivity index (χ4n) is 1.66. The normalized spacial score (nSPS) is 11.0. The molecule has 0 aromatic heterocycles. The fourth-order valence-corrected chi connectivity index (χ4v) is 3.44. The van der Waals surface area contributed by atoms with Crippen LogP contribution >= 0.6 is 19.4 Å². The molecule has 0 atom stereocenters. The zero-order valence-corrected chi connectivity index (χ0v) is 16.3. The predicted octanol–water partition coefficient (Wildman–Crippen LogP) is 3.73. The predicted molar refractivity (Wildman–Crippen MR) is 89.6 cm³/mol. The molecule has 0 radical (unpaired) electrons. The molecule has 0 bridgehead atoms. The van der Waals surface area contributed by atoms with Crippen molar-refractivity contribution in [1.29, 1.82) is 0 Å². The van der Waals surface area contributed by atoms with Gasteiger partial charge in [0.1, 0.15) is 0 Å². The summed E-state index contributed by atoms with van der Waals surface area (Å²) in [6.07, 6.45) is 0.0911. The number of hydrogen-bond donors (Lipinski definition) is 1. The molecule has 130 valence electrons. The Morgan fingerprint density at radius 1 is 1.43 bits per heavy atom. The fraction of sp³-hybridized carbons (Fsp3) is 0.333. The molecule has 0 saturated carbocycles. The van der Waals surface area contributed by atoms with Crippen LogP contribution in [0.3, 0.4) is 0 Å². The van der Waals surface area contributed by atoms with Crippen molar-refractivity contribution in [3.8, 4) is 5.75 Å². The van der Waals surface area contributed by atoms with Crippen LogP contribution in [0.25, 0.3) is 0 Å². The molecule has 0 aliphatic heterocycles. The van der Waals surface area contributed by atoms with Crippen molar-refractivity contribution < 1.29 is 32.2 Å². The first-order valence-corrected chi connectivity index (χ1v) is 12.2. The van der Waals surface area contributed by atoms with Gasteiger partial charge in [-0.25, -0.2) is 0 Å². The molecule has 0 saturated heterocycles. The molecule has 1 N–H and O–H groups in total. The van der Waals surface area contributed by atoms with Crippen LogP contribution in [-0.2, 0) is 32.2 Å². The first-order chi connectivity index (χ1) is 10.8. The van der Waals surface area contributed by atoms with Gasteiger partial charge in [0.25, 0.3) is 0 Å². The molecule has 5 nitrogen and oxygen atoms in total. The van der Waals surface area contributed by atoms with E-state index >= 15 is 0 Å². The van der Waals surface area contributed by atoms with Crippen LogP contribution in [0.1, 0.15) is 26.3 Å². The summed E-state index contributed by atoms with van der Waals surface area (Å²) in [6.45, 7) is 5.70. The van der Waals surface area contributed by atoms with Crippen LogP contribution in [0.5, 0.6) is 5.75 Å². The molecule has 0 fully saturated rings. The standard InChI is InChI=1S/C15H19NO4.2ClH.Ru/c1-6-19-15(18)14(17)16-12-7-8-13(11(4)9-12)20(5)10(2)3;;;/h4,7-10H,5-6H2,1-3H3,(H,16,17);2*1H;/q;;;+2/p-2. The molecule has 0 spiro atoms. The number of carbonyl (C=O) groups excluding carboxylic acids is 2. The van der Waals surface area contributed by atoms with Crippen molar-refractivity contribution in [2.75, 3.05) is 11.9 Å². The van der Waals surface area contributed by atoms with E-state index in [1.54, 1.807) is 29.7 Å². The van der Waals surface area contributed by atoms with Gasteiger partial charge in [-0.3, -0.25) is 0 Å². The topological polar surface area (TPSA) is 58.1 Å². The van der Waals surface area contributed by atoms with E-state index in [4.69, 9.17) is 19.4 Å². The summed E-state index contributed by atoms with van der Waals surface area (Å²) >= 11 is -2.08. The van der Waals surface area contributed by atoms with Crippen LogP contribution in [0, 0.1) is 7.11 Å². The minimum absolute atomic E-state index is 0.0911. The number of hydrogen-bond acceptors (Lipinski definition) is 3. The van der Waals surface area contributed by atoms with E-state index in [1.165, 1.54) is 0 Å². The van der Waals surface area contributed by atoms with Gasteiger partial charge in [0.2, 0.25) is 0 Å². The Balaban J connectivity index is 3.11. The Labute approximate surface area is 149 Å². The number of benzene rings is 1. The van der Waals surface area contributed by atoms with Gasteiger partial charge in [-0.2, -0.15) is 0 Å². The second-order valence-electron chi connectivity index (χ2n) is 4.71. The monoisotopic (exact) mass is 449 g/mol. The van der Waals surface area contributed by atoms with Gasteiger partial charge in [-0.15, -0.1) is 0 Å². The molecule has 0 aliphatic carbocycles. The quantitative estimate of drug-likeness (QED) is 0.245. The zero-order valence-electron chi connectivity index (χ0n) is 13.0. The third-order valence-corrected chi connectivity index (χ3v) is 4.60. The van der Waals surface area contributed by atoms with Gasteiger partial charge in [0.05, 0.1) is 0 Å². The number of amides is 1. The molecule has 23 heavy (non-hydrogen) atoms. The van der Waals surface area contributed by atoms with Crippen molar-refractivity contribution in [1.82, 2.24) is 0 Å². The maximum absolute atomic E-state index is 11.7. The molecule has 8 heteroatoms. The van der Waals surface area contributed by atoms with Gasteiger partial charge < -0.3 is 0 Å². The third-order valence-electron chi connectivity index (χ3n) is 2.77. The summed E-state index contributed by atoms with van der Waals surface area (Å²) in [4.78, 5) is 23.1. The summed E-state index contributed by atoms with van der Waals surface area (Å²) in [5, 5.41) is 2.48. The second kappa shape index (κ2) is 9.36.